The summed E-state index contributed by atoms with van der Waals surface area (Å²) in [5.74, 6) is 0.0478. The molecule has 1 aromatic heterocycles. The highest BCUT2D eigenvalue weighted by molar-refractivity contribution is 7.13. The minimum atomic E-state index is 0.0478. The average molecular weight is 225 g/mol. The van der Waals surface area contributed by atoms with E-state index in [0.717, 1.165) is 31.3 Å². The molecule has 4 nitrogen and oxygen atoms in total. The molecule has 0 unspecified atom stereocenters. The Balaban J connectivity index is 2.06. The lowest BCUT2D eigenvalue weighted by Gasteiger charge is -2.32. The average Bonchev–Trinajstić information content (AvgIpc) is 2.68. The first-order valence-corrected chi connectivity index (χ1v) is 5.95. The second-order valence-corrected chi connectivity index (χ2v) is 4.70. The molecule has 2 rings (SSSR count). The molecule has 0 spiro atoms. The predicted octanol–water partition coefficient (Wildman–Crippen LogP) is 1.10. The maximum Gasteiger partial charge on any atom is 0.186 e. The largest absolute Gasteiger partial charge is 0.346 e. The predicted molar refractivity (Wildman–Crippen MR) is 61.8 cm³/mol. The third-order valence-corrected chi connectivity index (χ3v) is 3.53. The van der Waals surface area contributed by atoms with Crippen molar-refractivity contribution in [3.05, 3.63) is 11.1 Å². The highest BCUT2D eigenvalue weighted by Crippen LogP contribution is 2.21. The zero-order valence-electron chi connectivity index (χ0n) is 9.06. The van der Waals surface area contributed by atoms with E-state index in [1.54, 1.807) is 18.3 Å². The summed E-state index contributed by atoms with van der Waals surface area (Å²) in [5, 5.41) is 2.82. The van der Waals surface area contributed by atoms with Gasteiger partial charge in [-0.2, -0.15) is 0 Å². The number of Topliss-reactive ketones (excluding diaryl/α,β-unsaturated/α-hetero) is 1. The summed E-state index contributed by atoms with van der Waals surface area (Å²) in [6.45, 7) is 5.69. The molecule has 0 saturated carbocycles. The van der Waals surface area contributed by atoms with Crippen molar-refractivity contribution in [3.8, 4) is 0 Å². The standard InChI is InChI=1S/C10H15N3OS/c1-8(14)9-7-15-10(11-9)13-5-3-12(2)4-6-13/h7H,3-6H2,1-2H3. The Labute approximate surface area is 93.5 Å². The van der Waals surface area contributed by atoms with E-state index in [4.69, 9.17) is 0 Å². The molecule has 0 amide bonds. The van der Waals surface area contributed by atoms with Crippen molar-refractivity contribution >= 4 is 22.3 Å². The highest BCUT2D eigenvalue weighted by atomic mass is 32.1. The van der Waals surface area contributed by atoms with Crippen LogP contribution in [0.25, 0.3) is 0 Å². The van der Waals surface area contributed by atoms with Gasteiger partial charge in [-0.15, -0.1) is 11.3 Å². The van der Waals surface area contributed by atoms with E-state index in [1.165, 1.54) is 0 Å². The monoisotopic (exact) mass is 225 g/mol. The first kappa shape index (κ1) is 10.6. The van der Waals surface area contributed by atoms with Crippen molar-refractivity contribution < 1.29 is 4.79 Å². The van der Waals surface area contributed by atoms with Crippen molar-refractivity contribution in [3.63, 3.8) is 0 Å². The summed E-state index contributed by atoms with van der Waals surface area (Å²) in [6.07, 6.45) is 0. The van der Waals surface area contributed by atoms with Crippen LogP contribution in [-0.4, -0.2) is 48.9 Å². The SMILES string of the molecule is CC(=O)c1csc(N2CCN(C)CC2)n1. The molecule has 0 aliphatic carbocycles. The Morgan fingerprint density at radius 3 is 2.60 bits per heavy atom. The minimum absolute atomic E-state index is 0.0478. The van der Waals surface area contributed by atoms with Crippen LogP contribution in [0, 0.1) is 0 Å². The number of hydrogen-bond donors (Lipinski definition) is 0. The van der Waals surface area contributed by atoms with E-state index in [2.05, 4.69) is 21.8 Å². The maximum absolute atomic E-state index is 11.1. The van der Waals surface area contributed by atoms with Crippen LogP contribution in [0.4, 0.5) is 5.13 Å². The summed E-state index contributed by atoms with van der Waals surface area (Å²) < 4.78 is 0. The van der Waals surface area contributed by atoms with Gasteiger partial charge in [-0.25, -0.2) is 4.98 Å². The number of ketones is 1. The molecule has 0 N–H and O–H groups in total. The van der Waals surface area contributed by atoms with Gasteiger partial charge in [0.05, 0.1) is 0 Å². The van der Waals surface area contributed by atoms with Crippen LogP contribution in [0.15, 0.2) is 5.38 Å². The van der Waals surface area contributed by atoms with Crippen molar-refractivity contribution in [1.29, 1.82) is 0 Å². The van der Waals surface area contributed by atoms with Gasteiger partial charge < -0.3 is 9.80 Å². The molecule has 1 saturated heterocycles. The lowest BCUT2D eigenvalue weighted by Crippen LogP contribution is -2.44. The highest BCUT2D eigenvalue weighted by Gasteiger charge is 2.17. The number of nitrogens with zero attached hydrogens (tertiary/aromatic N) is 3. The lowest BCUT2D eigenvalue weighted by atomic mass is 10.3. The molecule has 15 heavy (non-hydrogen) atoms. The van der Waals surface area contributed by atoms with Crippen molar-refractivity contribution in [1.82, 2.24) is 9.88 Å². The molecule has 0 aromatic carbocycles. The zero-order valence-corrected chi connectivity index (χ0v) is 9.88. The molecular formula is C10H15N3OS. The molecule has 1 aromatic rings. The van der Waals surface area contributed by atoms with Gasteiger partial charge >= 0.3 is 0 Å². The van der Waals surface area contributed by atoms with Crippen molar-refractivity contribution in [2.45, 2.75) is 6.92 Å². The van der Waals surface area contributed by atoms with Crippen LogP contribution in [0.2, 0.25) is 0 Å². The van der Waals surface area contributed by atoms with Gasteiger partial charge in [0.15, 0.2) is 10.9 Å². The van der Waals surface area contributed by atoms with Gasteiger partial charge in [0, 0.05) is 38.5 Å². The first-order chi connectivity index (χ1) is 7.16. The fourth-order valence-electron chi connectivity index (χ4n) is 1.57. The molecule has 82 valence electrons. The number of hydrogen-bond acceptors (Lipinski definition) is 5. The van der Waals surface area contributed by atoms with Crippen LogP contribution in [-0.2, 0) is 0 Å². The molecule has 0 bridgehead atoms. The van der Waals surface area contributed by atoms with E-state index in [1.807, 2.05) is 5.38 Å². The summed E-state index contributed by atoms with van der Waals surface area (Å²) in [5.41, 5.74) is 0.592. The van der Waals surface area contributed by atoms with Crippen molar-refractivity contribution in [2.75, 3.05) is 38.1 Å². The van der Waals surface area contributed by atoms with Gasteiger partial charge in [0.2, 0.25) is 0 Å². The number of rotatable bonds is 2. The number of anilines is 1. The second-order valence-electron chi connectivity index (χ2n) is 3.86. The van der Waals surface area contributed by atoms with E-state index in [0.29, 0.717) is 5.69 Å². The van der Waals surface area contributed by atoms with Crippen molar-refractivity contribution in [2.24, 2.45) is 0 Å². The minimum Gasteiger partial charge on any atom is -0.346 e. The number of carbonyl (C=O) groups is 1. The van der Waals surface area contributed by atoms with Crippen LogP contribution >= 0.6 is 11.3 Å². The first-order valence-electron chi connectivity index (χ1n) is 5.07. The quantitative estimate of drug-likeness (QED) is 0.706. The number of carbonyl (C=O) groups excluding carboxylic acids is 1. The lowest BCUT2D eigenvalue weighted by molar-refractivity contribution is 0.101. The zero-order chi connectivity index (χ0) is 10.8. The number of thiazole rings is 1. The molecule has 1 aliphatic heterocycles. The van der Waals surface area contributed by atoms with Gasteiger partial charge in [-0.1, -0.05) is 0 Å². The van der Waals surface area contributed by atoms with Gasteiger partial charge in [-0.05, 0) is 7.05 Å². The van der Waals surface area contributed by atoms with Gasteiger partial charge in [0.1, 0.15) is 5.69 Å². The van der Waals surface area contributed by atoms with Crippen LogP contribution in [0.1, 0.15) is 17.4 Å². The fourth-order valence-corrected chi connectivity index (χ4v) is 2.49. The molecular weight excluding hydrogens is 210 g/mol. The Bertz CT molecular complexity index is 355. The molecule has 0 atom stereocenters. The third-order valence-electron chi connectivity index (χ3n) is 2.63. The summed E-state index contributed by atoms with van der Waals surface area (Å²) >= 11 is 1.56. The normalized spacial score (nSPS) is 18.1. The number of likely N-dealkylation sites (N-methyl/N-ethyl adjacent to an activating group) is 1. The Morgan fingerprint density at radius 2 is 2.07 bits per heavy atom. The maximum atomic E-state index is 11.1. The van der Waals surface area contributed by atoms with Crippen LogP contribution in [0.3, 0.4) is 0 Å². The van der Waals surface area contributed by atoms with E-state index >= 15 is 0 Å². The summed E-state index contributed by atoms with van der Waals surface area (Å²) in [6, 6.07) is 0. The summed E-state index contributed by atoms with van der Waals surface area (Å²) in [4.78, 5) is 20.0. The number of piperazine rings is 1. The Kier molecular flexibility index (Phi) is 3.02. The fraction of sp³-hybridized carbons (Fsp3) is 0.600. The summed E-state index contributed by atoms with van der Waals surface area (Å²) in [7, 11) is 2.13. The second kappa shape index (κ2) is 4.28. The molecule has 5 heteroatoms. The van der Waals surface area contributed by atoms with E-state index in [-0.39, 0.29) is 5.78 Å². The van der Waals surface area contributed by atoms with Gasteiger partial charge in [-0.3, -0.25) is 4.79 Å². The number of aromatic nitrogens is 1. The van der Waals surface area contributed by atoms with E-state index < -0.39 is 0 Å². The van der Waals surface area contributed by atoms with E-state index in [9.17, 15) is 4.79 Å². The smallest absolute Gasteiger partial charge is 0.186 e. The third kappa shape index (κ3) is 2.35. The topological polar surface area (TPSA) is 36.4 Å². The molecule has 1 aliphatic rings. The molecule has 1 fully saturated rings. The Morgan fingerprint density at radius 1 is 1.40 bits per heavy atom. The Hall–Kier alpha value is -0.940. The van der Waals surface area contributed by atoms with Crippen LogP contribution < -0.4 is 4.90 Å². The van der Waals surface area contributed by atoms with Gasteiger partial charge in [0.25, 0.3) is 0 Å². The molecule has 0 radical (unpaired) electrons. The van der Waals surface area contributed by atoms with Crippen LogP contribution in [0.5, 0.6) is 0 Å². The molecule has 2 heterocycles.